The Kier molecular flexibility index (Phi) is 4.94. The summed E-state index contributed by atoms with van der Waals surface area (Å²) >= 11 is -1.34. The lowest BCUT2D eigenvalue weighted by atomic mass is 10.2. The third-order valence-corrected chi connectivity index (χ3v) is 6.25. The Bertz CT molecular complexity index is 953. The van der Waals surface area contributed by atoms with E-state index in [-0.39, 0.29) is 35.1 Å². The second-order valence-electron chi connectivity index (χ2n) is 7.63. The predicted octanol–water partition coefficient (Wildman–Crippen LogP) is 2.99. The summed E-state index contributed by atoms with van der Waals surface area (Å²) in [5, 5.41) is 3.24. The van der Waals surface area contributed by atoms with Gasteiger partial charge in [-0.05, 0) is 46.1 Å². The largest absolute Gasteiger partial charge is 0.609 e. The average molecular weight is 392 g/mol. The Balaban J connectivity index is 0.00000210. The van der Waals surface area contributed by atoms with Crippen LogP contribution in [0.15, 0.2) is 22.2 Å². The van der Waals surface area contributed by atoms with E-state index >= 15 is 0 Å². The van der Waals surface area contributed by atoms with Crippen LogP contribution in [0.5, 0.6) is 0 Å². The Morgan fingerprint density at radius 1 is 1.41 bits per heavy atom. The number of nitrogens with zero attached hydrogens (tertiary/aromatic N) is 3. The van der Waals surface area contributed by atoms with Crippen molar-refractivity contribution in [2.75, 3.05) is 5.32 Å². The summed E-state index contributed by atoms with van der Waals surface area (Å²) in [6.07, 6.45) is 3.26. The molecule has 2 aliphatic rings. The van der Waals surface area contributed by atoms with Gasteiger partial charge in [0.1, 0.15) is 16.5 Å². The first kappa shape index (κ1) is 19.6. The number of carbonyl (C=O) groups is 1. The lowest BCUT2D eigenvalue weighted by Crippen LogP contribution is -2.35. The molecule has 2 aromatic heterocycles. The van der Waals surface area contributed by atoms with Gasteiger partial charge in [0, 0.05) is 22.8 Å². The Hall–Kier alpha value is -2.13. The molecule has 3 heterocycles. The van der Waals surface area contributed by atoms with Crippen LogP contribution in [0.3, 0.4) is 0 Å². The molecule has 3 atom stereocenters. The van der Waals surface area contributed by atoms with Crippen LogP contribution in [-0.4, -0.2) is 36.0 Å². The molecule has 1 aliphatic heterocycles. The summed E-state index contributed by atoms with van der Waals surface area (Å²) in [5.74, 6) is 0. The monoisotopic (exact) mass is 392 g/mol. The highest BCUT2D eigenvalue weighted by Gasteiger charge is 2.43. The second kappa shape index (κ2) is 6.79. The minimum Gasteiger partial charge on any atom is -0.609 e. The van der Waals surface area contributed by atoms with Gasteiger partial charge in [0.25, 0.3) is 5.56 Å². The molecule has 2 bridgehead atoms. The zero-order chi connectivity index (χ0) is 18.6. The standard InChI is InChI=1S/C17H20N4O4S.CH4/c1-17(2,3)25-16(23)19-10-7-9-8-18-15-20-13(9)21(14(10)22)11-5-4-6-12(11)26(15)24;/h7-8,11-12H,4-6H2,1-3H3,(H,19,23);1H4. The van der Waals surface area contributed by atoms with Crippen LogP contribution in [0.2, 0.25) is 0 Å². The topological polar surface area (TPSA) is 109 Å². The van der Waals surface area contributed by atoms with E-state index in [1.807, 2.05) is 0 Å². The van der Waals surface area contributed by atoms with Crippen molar-refractivity contribution in [2.45, 2.75) is 69.5 Å². The molecule has 3 unspecified atom stereocenters. The van der Waals surface area contributed by atoms with Crippen LogP contribution in [0.4, 0.5) is 10.5 Å². The lowest BCUT2D eigenvalue weighted by Gasteiger charge is -2.22. The average Bonchev–Trinajstić information content (AvgIpc) is 2.98. The van der Waals surface area contributed by atoms with Gasteiger partial charge in [0.05, 0.1) is 6.04 Å². The van der Waals surface area contributed by atoms with E-state index in [2.05, 4.69) is 15.3 Å². The third-order valence-electron chi connectivity index (χ3n) is 4.59. The summed E-state index contributed by atoms with van der Waals surface area (Å²) < 4.78 is 19.6. The van der Waals surface area contributed by atoms with Crippen molar-refractivity contribution in [2.24, 2.45) is 0 Å². The summed E-state index contributed by atoms with van der Waals surface area (Å²) in [7, 11) is 0. The maximum atomic E-state index is 13.1. The fourth-order valence-corrected chi connectivity index (χ4v) is 5.13. The van der Waals surface area contributed by atoms with Crippen molar-refractivity contribution in [3.8, 4) is 0 Å². The first-order valence-corrected chi connectivity index (χ1v) is 9.79. The van der Waals surface area contributed by atoms with Crippen molar-refractivity contribution >= 4 is 34.0 Å². The van der Waals surface area contributed by atoms with Crippen molar-refractivity contribution in [1.29, 1.82) is 0 Å². The lowest BCUT2D eigenvalue weighted by molar-refractivity contribution is 0.0635. The van der Waals surface area contributed by atoms with Gasteiger partial charge >= 0.3 is 11.2 Å². The molecule has 0 spiro atoms. The zero-order valence-corrected chi connectivity index (χ0v) is 15.6. The maximum Gasteiger partial charge on any atom is 0.412 e. The number of amides is 1. The van der Waals surface area contributed by atoms with Gasteiger partial charge < -0.3 is 9.29 Å². The van der Waals surface area contributed by atoms with Crippen molar-refractivity contribution in [3.05, 3.63) is 22.6 Å². The molecule has 1 amide bonds. The SMILES string of the molecule is C.CC(C)(C)OC(=O)Nc1cc2cnc3nc2n(c1=O)C1CCCC1[S+]3[O-]. The molecular formula is C18H24N4O4S. The van der Waals surface area contributed by atoms with Gasteiger partial charge in [-0.15, -0.1) is 0 Å². The number of rotatable bonds is 1. The van der Waals surface area contributed by atoms with E-state index in [0.717, 1.165) is 19.3 Å². The van der Waals surface area contributed by atoms with E-state index in [0.29, 0.717) is 11.0 Å². The molecular weight excluding hydrogens is 368 g/mol. The first-order chi connectivity index (χ1) is 12.2. The summed E-state index contributed by atoms with van der Waals surface area (Å²) in [4.78, 5) is 33.8. The highest BCUT2D eigenvalue weighted by atomic mass is 32.2. The zero-order valence-electron chi connectivity index (χ0n) is 14.8. The number of fused-ring (bicyclic) bond motifs is 3. The summed E-state index contributed by atoms with van der Waals surface area (Å²) in [6.45, 7) is 5.25. The Morgan fingerprint density at radius 3 is 2.85 bits per heavy atom. The Labute approximate surface area is 160 Å². The van der Waals surface area contributed by atoms with Gasteiger partial charge in [-0.25, -0.2) is 4.79 Å². The van der Waals surface area contributed by atoms with Crippen LogP contribution >= 0.6 is 0 Å². The molecule has 1 aliphatic carbocycles. The molecule has 146 valence electrons. The summed E-state index contributed by atoms with van der Waals surface area (Å²) in [5.41, 5.74) is -0.448. The van der Waals surface area contributed by atoms with E-state index in [1.165, 1.54) is 0 Å². The fraction of sp³-hybridized carbons (Fsp3) is 0.556. The number of nitrogens with one attached hydrogen (secondary N) is 1. The fourth-order valence-electron chi connectivity index (χ4n) is 3.60. The highest BCUT2D eigenvalue weighted by Crippen LogP contribution is 2.40. The van der Waals surface area contributed by atoms with Crippen LogP contribution in [0.25, 0.3) is 11.0 Å². The van der Waals surface area contributed by atoms with Gasteiger partial charge in [-0.2, -0.15) is 9.97 Å². The van der Waals surface area contributed by atoms with Gasteiger partial charge in [-0.1, -0.05) is 7.43 Å². The molecule has 1 saturated carbocycles. The molecule has 1 N–H and O–H groups in total. The van der Waals surface area contributed by atoms with Crippen molar-refractivity contribution in [1.82, 2.24) is 14.5 Å². The first-order valence-electron chi connectivity index (χ1n) is 8.57. The number of pyridine rings is 1. The molecule has 27 heavy (non-hydrogen) atoms. The quantitative estimate of drug-likeness (QED) is 0.590. The molecule has 1 fully saturated rings. The molecule has 0 aromatic carbocycles. The van der Waals surface area contributed by atoms with Gasteiger partial charge in [0.2, 0.25) is 0 Å². The minimum absolute atomic E-state index is 0. The molecule has 0 saturated heterocycles. The third kappa shape index (κ3) is 3.41. The smallest absolute Gasteiger partial charge is 0.412 e. The van der Waals surface area contributed by atoms with E-state index < -0.39 is 22.9 Å². The Morgan fingerprint density at radius 2 is 2.15 bits per heavy atom. The molecule has 0 radical (unpaired) electrons. The number of aromatic nitrogens is 3. The van der Waals surface area contributed by atoms with Crippen LogP contribution in [-0.2, 0) is 15.9 Å². The van der Waals surface area contributed by atoms with Gasteiger partial charge in [-0.3, -0.25) is 14.7 Å². The van der Waals surface area contributed by atoms with Crippen molar-refractivity contribution in [3.63, 3.8) is 0 Å². The number of hydrogen-bond donors (Lipinski definition) is 1. The number of hydrogen-bond acceptors (Lipinski definition) is 6. The number of ether oxygens (including phenoxy) is 1. The molecule has 2 aromatic rings. The van der Waals surface area contributed by atoms with Crippen LogP contribution < -0.4 is 10.9 Å². The molecule has 9 heteroatoms. The second-order valence-corrected chi connectivity index (χ2v) is 9.19. The van der Waals surface area contributed by atoms with Crippen molar-refractivity contribution < 1.29 is 14.1 Å². The van der Waals surface area contributed by atoms with E-state index in [1.54, 1.807) is 37.6 Å². The number of carbonyl (C=O) groups excluding carboxylic acids is 1. The van der Waals surface area contributed by atoms with Crippen LogP contribution in [0, 0.1) is 0 Å². The predicted molar refractivity (Wildman–Crippen MR) is 103 cm³/mol. The highest BCUT2D eigenvalue weighted by molar-refractivity contribution is 7.91. The minimum atomic E-state index is -1.34. The van der Waals surface area contributed by atoms with E-state index in [9.17, 15) is 14.1 Å². The molecule has 4 rings (SSSR count). The van der Waals surface area contributed by atoms with Crippen LogP contribution in [0.1, 0.15) is 53.5 Å². The normalized spacial score (nSPS) is 23.5. The maximum absolute atomic E-state index is 13.1. The number of anilines is 1. The van der Waals surface area contributed by atoms with E-state index in [4.69, 9.17) is 4.74 Å². The summed E-state index contributed by atoms with van der Waals surface area (Å²) in [6, 6.07) is 1.33. The molecule has 8 nitrogen and oxygen atoms in total. The van der Waals surface area contributed by atoms with Gasteiger partial charge in [0.15, 0.2) is 5.65 Å².